The fourth-order valence-corrected chi connectivity index (χ4v) is 2.93. The Hall–Kier alpha value is -2.02. The second-order valence-electron chi connectivity index (χ2n) is 4.08. The van der Waals surface area contributed by atoms with Crippen molar-refractivity contribution < 1.29 is 0 Å². The maximum atomic E-state index is 5.94. The average Bonchev–Trinajstić information content (AvgIpc) is 2.81. The molecule has 0 bridgehead atoms. The van der Waals surface area contributed by atoms with E-state index in [1.165, 1.54) is 6.33 Å². The van der Waals surface area contributed by atoms with Crippen LogP contribution in [0.1, 0.15) is 10.7 Å². The molecule has 0 saturated heterocycles. The molecule has 3 rings (SSSR count). The Kier molecular flexibility index (Phi) is 2.30. The van der Waals surface area contributed by atoms with Crippen molar-refractivity contribution in [1.29, 1.82) is 0 Å². The van der Waals surface area contributed by atoms with E-state index in [0.29, 0.717) is 5.82 Å². The van der Waals surface area contributed by atoms with Gasteiger partial charge in [-0.15, -0.1) is 11.3 Å². The molecule has 3 aromatic heterocycles. The molecule has 0 saturated carbocycles. The fraction of sp³-hybridized carbons (Fsp3) is 0.273. The van der Waals surface area contributed by atoms with E-state index in [-0.39, 0.29) is 0 Å². The van der Waals surface area contributed by atoms with Crippen LogP contribution in [0.15, 0.2) is 6.33 Å². The molecular weight excluding hydrogens is 248 g/mol. The van der Waals surface area contributed by atoms with Crippen LogP contribution in [0, 0.1) is 13.8 Å². The zero-order chi connectivity index (χ0) is 12.9. The van der Waals surface area contributed by atoms with Gasteiger partial charge in [-0.25, -0.2) is 19.6 Å². The van der Waals surface area contributed by atoms with Crippen molar-refractivity contribution in [2.75, 3.05) is 5.73 Å². The summed E-state index contributed by atoms with van der Waals surface area (Å²) in [5, 5.41) is 6.31. The Morgan fingerprint density at radius 2 is 2.06 bits per heavy atom. The van der Waals surface area contributed by atoms with Gasteiger partial charge in [0.05, 0.1) is 21.0 Å². The lowest BCUT2D eigenvalue weighted by atomic mass is 10.2. The molecule has 0 fully saturated rings. The zero-order valence-corrected chi connectivity index (χ0v) is 11.1. The lowest BCUT2D eigenvalue weighted by Gasteiger charge is -1.96. The largest absolute Gasteiger partial charge is 0.383 e. The first-order valence-corrected chi connectivity index (χ1v) is 6.27. The van der Waals surface area contributed by atoms with Crippen LogP contribution in [0.5, 0.6) is 0 Å². The summed E-state index contributed by atoms with van der Waals surface area (Å²) in [5.74, 6) is 0.452. The predicted octanol–water partition coefficient (Wildman–Crippen LogP) is 1.69. The first-order chi connectivity index (χ1) is 8.58. The van der Waals surface area contributed by atoms with Gasteiger partial charge < -0.3 is 5.73 Å². The summed E-state index contributed by atoms with van der Waals surface area (Å²) < 4.78 is 1.72. The predicted molar refractivity (Wildman–Crippen MR) is 71.3 cm³/mol. The lowest BCUT2D eigenvalue weighted by molar-refractivity contribution is 0.789. The minimum absolute atomic E-state index is 0.452. The lowest BCUT2D eigenvalue weighted by Crippen LogP contribution is -1.95. The van der Waals surface area contributed by atoms with Crippen molar-refractivity contribution in [1.82, 2.24) is 24.7 Å². The Morgan fingerprint density at radius 1 is 1.28 bits per heavy atom. The summed E-state index contributed by atoms with van der Waals surface area (Å²) in [7, 11) is 1.85. The Morgan fingerprint density at radius 3 is 2.72 bits per heavy atom. The van der Waals surface area contributed by atoms with E-state index in [1.54, 1.807) is 16.0 Å². The molecule has 0 aliphatic heterocycles. The molecule has 0 radical (unpaired) electrons. The van der Waals surface area contributed by atoms with Crippen LogP contribution in [0.25, 0.3) is 21.6 Å². The van der Waals surface area contributed by atoms with Crippen LogP contribution < -0.4 is 5.73 Å². The van der Waals surface area contributed by atoms with Gasteiger partial charge in [0.1, 0.15) is 17.8 Å². The number of aromatic nitrogens is 5. The van der Waals surface area contributed by atoms with E-state index >= 15 is 0 Å². The molecular formula is C11H12N6S. The van der Waals surface area contributed by atoms with Gasteiger partial charge in [-0.05, 0) is 13.8 Å². The number of nitrogens with zero attached hydrogens (tertiary/aromatic N) is 5. The summed E-state index contributed by atoms with van der Waals surface area (Å²) in [5.41, 5.74) is 8.46. The highest BCUT2D eigenvalue weighted by Gasteiger charge is 2.18. The van der Waals surface area contributed by atoms with Gasteiger partial charge in [-0.2, -0.15) is 5.10 Å². The molecule has 2 N–H and O–H groups in total. The van der Waals surface area contributed by atoms with Gasteiger partial charge in [0.25, 0.3) is 0 Å². The van der Waals surface area contributed by atoms with Crippen LogP contribution in [0.4, 0.5) is 5.82 Å². The molecule has 0 unspecified atom stereocenters. The van der Waals surface area contributed by atoms with Gasteiger partial charge in [0, 0.05) is 7.05 Å². The van der Waals surface area contributed by atoms with Crippen molar-refractivity contribution in [3.63, 3.8) is 0 Å². The smallest absolute Gasteiger partial charge is 0.163 e. The number of anilines is 1. The van der Waals surface area contributed by atoms with Crippen molar-refractivity contribution in [3.8, 4) is 10.6 Å². The SMILES string of the molecule is Cc1nc(C)c(-c2nn(C)c3ncnc(N)c23)s1. The Balaban J connectivity index is 2.40. The van der Waals surface area contributed by atoms with E-state index in [2.05, 4.69) is 20.1 Å². The minimum atomic E-state index is 0.452. The number of nitrogen functional groups attached to an aromatic ring is 1. The molecule has 0 aromatic carbocycles. The number of nitrogens with two attached hydrogens (primary N) is 1. The molecule has 0 spiro atoms. The second-order valence-corrected chi connectivity index (χ2v) is 5.28. The first-order valence-electron chi connectivity index (χ1n) is 5.45. The third kappa shape index (κ3) is 1.47. The maximum absolute atomic E-state index is 5.94. The summed E-state index contributed by atoms with van der Waals surface area (Å²) in [4.78, 5) is 13.7. The summed E-state index contributed by atoms with van der Waals surface area (Å²) in [6.07, 6.45) is 1.45. The molecule has 18 heavy (non-hydrogen) atoms. The highest BCUT2D eigenvalue weighted by atomic mass is 32.1. The monoisotopic (exact) mass is 260 g/mol. The van der Waals surface area contributed by atoms with E-state index in [0.717, 1.165) is 32.3 Å². The van der Waals surface area contributed by atoms with Crippen LogP contribution in [-0.4, -0.2) is 24.7 Å². The van der Waals surface area contributed by atoms with E-state index in [4.69, 9.17) is 5.73 Å². The van der Waals surface area contributed by atoms with Crippen LogP contribution in [-0.2, 0) is 7.05 Å². The number of hydrogen-bond donors (Lipinski definition) is 1. The molecule has 3 aromatic rings. The summed E-state index contributed by atoms with van der Waals surface area (Å²) >= 11 is 1.61. The molecule has 6 nitrogen and oxygen atoms in total. The Labute approximate surface area is 108 Å². The number of rotatable bonds is 1. The average molecular weight is 260 g/mol. The second kappa shape index (κ2) is 3.74. The van der Waals surface area contributed by atoms with E-state index in [9.17, 15) is 0 Å². The van der Waals surface area contributed by atoms with Gasteiger partial charge in [0.2, 0.25) is 0 Å². The van der Waals surface area contributed by atoms with Crippen molar-refractivity contribution in [2.45, 2.75) is 13.8 Å². The number of thiazole rings is 1. The normalized spacial score (nSPS) is 11.3. The van der Waals surface area contributed by atoms with Gasteiger partial charge >= 0.3 is 0 Å². The molecule has 0 aliphatic rings. The highest BCUT2D eigenvalue weighted by Crippen LogP contribution is 2.35. The van der Waals surface area contributed by atoms with Gasteiger partial charge in [-0.1, -0.05) is 0 Å². The molecule has 7 heteroatoms. The number of fused-ring (bicyclic) bond motifs is 1. The maximum Gasteiger partial charge on any atom is 0.163 e. The van der Waals surface area contributed by atoms with Crippen molar-refractivity contribution in [3.05, 3.63) is 17.0 Å². The minimum Gasteiger partial charge on any atom is -0.383 e. The summed E-state index contributed by atoms with van der Waals surface area (Å²) in [6, 6.07) is 0. The molecule has 0 amide bonds. The third-order valence-corrected chi connectivity index (χ3v) is 3.85. The van der Waals surface area contributed by atoms with E-state index < -0.39 is 0 Å². The van der Waals surface area contributed by atoms with Gasteiger partial charge in [0.15, 0.2) is 5.65 Å². The molecule has 0 atom stereocenters. The Bertz CT molecular complexity index is 741. The summed E-state index contributed by atoms with van der Waals surface area (Å²) in [6.45, 7) is 3.95. The van der Waals surface area contributed by atoms with E-state index in [1.807, 2.05) is 20.9 Å². The fourth-order valence-electron chi connectivity index (χ4n) is 2.02. The standard InChI is InChI=1S/C11H12N6S/c1-5-9(18-6(2)15-5)8-7-10(12)13-4-14-11(7)17(3)16-8/h4H,1-3H3,(H2,12,13,14). The number of hydrogen-bond acceptors (Lipinski definition) is 6. The highest BCUT2D eigenvalue weighted by molar-refractivity contribution is 7.15. The number of aryl methyl sites for hydroxylation is 3. The van der Waals surface area contributed by atoms with Crippen molar-refractivity contribution >= 4 is 28.2 Å². The molecule has 3 heterocycles. The third-order valence-electron chi connectivity index (χ3n) is 2.77. The van der Waals surface area contributed by atoms with Gasteiger partial charge in [-0.3, -0.25) is 0 Å². The molecule has 0 aliphatic carbocycles. The van der Waals surface area contributed by atoms with Crippen LogP contribution in [0.2, 0.25) is 0 Å². The quantitative estimate of drug-likeness (QED) is 0.720. The van der Waals surface area contributed by atoms with Crippen LogP contribution >= 0.6 is 11.3 Å². The topological polar surface area (TPSA) is 82.5 Å². The van der Waals surface area contributed by atoms with Crippen molar-refractivity contribution in [2.24, 2.45) is 7.05 Å². The van der Waals surface area contributed by atoms with Crippen LogP contribution in [0.3, 0.4) is 0 Å². The zero-order valence-electron chi connectivity index (χ0n) is 10.3. The first kappa shape index (κ1) is 11.1. The molecule has 92 valence electrons.